The van der Waals surface area contributed by atoms with Crippen molar-refractivity contribution in [2.45, 2.75) is 71.4 Å². The lowest BCUT2D eigenvalue weighted by atomic mass is 9.57. The standard InChI is InChI=1S/C24H38N4O2/c1-4-25-23(27-21-20-11-14-30-22(20)24(21,2)3)26-15-17-5-7-18(8-6-17)16-28-12-9-19(29)10-13-28/h5-8,19-22,29H,4,9-16H2,1-3H3,(H2,25,26,27). The molecule has 30 heavy (non-hydrogen) atoms. The van der Waals surface area contributed by atoms with Crippen molar-refractivity contribution < 1.29 is 9.84 Å². The molecule has 3 fully saturated rings. The lowest BCUT2D eigenvalue weighted by molar-refractivity contribution is -0.106. The fraction of sp³-hybridized carbons (Fsp3) is 0.708. The van der Waals surface area contributed by atoms with E-state index in [0.717, 1.165) is 58.0 Å². The third-order valence-electron chi connectivity index (χ3n) is 7.14. The Labute approximate surface area is 181 Å². The molecule has 2 heterocycles. The van der Waals surface area contributed by atoms with Gasteiger partial charge in [0, 0.05) is 50.2 Å². The van der Waals surface area contributed by atoms with Gasteiger partial charge >= 0.3 is 0 Å². The summed E-state index contributed by atoms with van der Waals surface area (Å²) in [6.07, 6.45) is 3.19. The lowest BCUT2D eigenvalue weighted by Crippen LogP contribution is -2.67. The van der Waals surface area contributed by atoms with Crippen LogP contribution < -0.4 is 10.6 Å². The third kappa shape index (κ3) is 4.66. The van der Waals surface area contributed by atoms with E-state index in [9.17, 15) is 5.11 Å². The van der Waals surface area contributed by atoms with Crippen molar-refractivity contribution >= 4 is 5.96 Å². The highest BCUT2D eigenvalue weighted by Crippen LogP contribution is 2.52. The van der Waals surface area contributed by atoms with E-state index in [0.29, 0.717) is 24.6 Å². The maximum atomic E-state index is 9.66. The largest absolute Gasteiger partial charge is 0.393 e. The Morgan fingerprint density at radius 2 is 1.87 bits per heavy atom. The first-order valence-corrected chi connectivity index (χ1v) is 11.6. The van der Waals surface area contributed by atoms with Crippen LogP contribution in [0.4, 0.5) is 0 Å². The van der Waals surface area contributed by atoms with Crippen molar-refractivity contribution in [3.63, 3.8) is 0 Å². The van der Waals surface area contributed by atoms with Gasteiger partial charge in [-0.3, -0.25) is 4.90 Å². The highest BCUT2D eigenvalue weighted by atomic mass is 16.5. The van der Waals surface area contributed by atoms with Crippen LogP contribution in [0.5, 0.6) is 0 Å². The Bertz CT molecular complexity index is 725. The van der Waals surface area contributed by atoms with E-state index in [1.165, 1.54) is 11.1 Å². The number of piperidine rings is 1. The molecule has 3 N–H and O–H groups in total. The second kappa shape index (κ2) is 9.25. The number of nitrogens with zero attached hydrogens (tertiary/aromatic N) is 2. The van der Waals surface area contributed by atoms with Gasteiger partial charge in [0.25, 0.3) is 0 Å². The molecule has 0 amide bonds. The molecule has 1 saturated carbocycles. The maximum Gasteiger partial charge on any atom is 0.191 e. The van der Waals surface area contributed by atoms with E-state index in [1.807, 2.05) is 0 Å². The fourth-order valence-electron chi connectivity index (χ4n) is 5.34. The molecule has 0 radical (unpaired) electrons. The summed E-state index contributed by atoms with van der Waals surface area (Å²) in [6.45, 7) is 12.0. The summed E-state index contributed by atoms with van der Waals surface area (Å²) < 4.78 is 5.92. The highest BCUT2D eigenvalue weighted by molar-refractivity contribution is 5.80. The van der Waals surface area contributed by atoms with E-state index in [2.05, 4.69) is 60.6 Å². The summed E-state index contributed by atoms with van der Waals surface area (Å²) in [6, 6.07) is 9.22. The van der Waals surface area contributed by atoms with Crippen molar-refractivity contribution in [3.8, 4) is 0 Å². The minimum Gasteiger partial charge on any atom is -0.393 e. The monoisotopic (exact) mass is 414 g/mol. The molecule has 0 bridgehead atoms. The van der Waals surface area contributed by atoms with Crippen LogP contribution >= 0.6 is 0 Å². The molecule has 1 aliphatic carbocycles. The molecule has 0 spiro atoms. The van der Waals surface area contributed by atoms with E-state index in [1.54, 1.807) is 0 Å². The van der Waals surface area contributed by atoms with Crippen LogP contribution in [0.25, 0.3) is 0 Å². The quantitative estimate of drug-likeness (QED) is 0.493. The zero-order valence-electron chi connectivity index (χ0n) is 18.7. The van der Waals surface area contributed by atoms with Gasteiger partial charge in [0.2, 0.25) is 0 Å². The molecule has 3 unspecified atom stereocenters. The number of likely N-dealkylation sites (tertiary alicyclic amines) is 1. The molecular weight excluding hydrogens is 376 g/mol. The van der Waals surface area contributed by atoms with Crippen molar-refractivity contribution in [2.24, 2.45) is 16.3 Å². The highest BCUT2D eigenvalue weighted by Gasteiger charge is 2.59. The Morgan fingerprint density at radius 3 is 2.57 bits per heavy atom. The second-order valence-corrected chi connectivity index (χ2v) is 9.71. The minimum absolute atomic E-state index is 0.112. The summed E-state index contributed by atoms with van der Waals surface area (Å²) in [5.74, 6) is 1.50. The van der Waals surface area contributed by atoms with Crippen LogP contribution in [0, 0.1) is 11.3 Å². The summed E-state index contributed by atoms with van der Waals surface area (Å²) in [4.78, 5) is 7.28. The van der Waals surface area contributed by atoms with Crippen LogP contribution in [0.15, 0.2) is 29.3 Å². The number of hydrogen-bond acceptors (Lipinski definition) is 4. The Kier molecular flexibility index (Phi) is 6.66. The number of benzene rings is 1. The minimum atomic E-state index is -0.112. The normalized spacial score (nSPS) is 29.3. The first kappa shape index (κ1) is 21.6. The number of aliphatic hydroxyl groups excluding tert-OH is 1. The molecule has 1 aromatic rings. The Morgan fingerprint density at radius 1 is 1.17 bits per heavy atom. The van der Waals surface area contributed by atoms with Crippen LogP contribution in [-0.4, -0.2) is 60.5 Å². The molecule has 6 nitrogen and oxygen atoms in total. The van der Waals surface area contributed by atoms with Gasteiger partial charge in [0.05, 0.1) is 18.8 Å². The lowest BCUT2D eigenvalue weighted by Gasteiger charge is -2.54. The first-order valence-electron chi connectivity index (χ1n) is 11.6. The van der Waals surface area contributed by atoms with E-state index >= 15 is 0 Å². The van der Waals surface area contributed by atoms with E-state index in [-0.39, 0.29) is 11.5 Å². The number of rotatable bonds is 6. The van der Waals surface area contributed by atoms with Crippen LogP contribution in [0.1, 0.15) is 51.2 Å². The summed E-state index contributed by atoms with van der Waals surface area (Å²) in [7, 11) is 0. The summed E-state index contributed by atoms with van der Waals surface area (Å²) >= 11 is 0. The summed E-state index contributed by atoms with van der Waals surface area (Å²) in [5.41, 5.74) is 2.69. The van der Waals surface area contributed by atoms with Gasteiger partial charge in [-0.05, 0) is 37.3 Å². The fourth-order valence-corrected chi connectivity index (χ4v) is 5.34. The average Bonchev–Trinajstić information content (AvgIpc) is 3.20. The predicted octanol–water partition coefficient (Wildman–Crippen LogP) is 2.51. The van der Waals surface area contributed by atoms with Crippen LogP contribution in [0.3, 0.4) is 0 Å². The molecular formula is C24H38N4O2. The molecule has 1 aromatic carbocycles. The van der Waals surface area contributed by atoms with E-state index in [4.69, 9.17) is 9.73 Å². The maximum absolute atomic E-state index is 9.66. The number of aliphatic imine (C=N–C) groups is 1. The average molecular weight is 415 g/mol. The topological polar surface area (TPSA) is 69.1 Å². The van der Waals surface area contributed by atoms with Crippen molar-refractivity contribution in [2.75, 3.05) is 26.2 Å². The third-order valence-corrected chi connectivity index (χ3v) is 7.14. The number of aliphatic hydroxyl groups is 1. The first-order chi connectivity index (χ1) is 14.5. The van der Waals surface area contributed by atoms with Gasteiger partial charge in [-0.25, -0.2) is 4.99 Å². The van der Waals surface area contributed by atoms with Gasteiger partial charge < -0.3 is 20.5 Å². The zero-order chi connectivity index (χ0) is 21.1. The molecule has 3 atom stereocenters. The molecule has 3 aliphatic rings. The molecule has 166 valence electrons. The molecule has 0 aromatic heterocycles. The van der Waals surface area contributed by atoms with Crippen molar-refractivity contribution in [1.82, 2.24) is 15.5 Å². The smallest absolute Gasteiger partial charge is 0.191 e. The Balaban J connectivity index is 1.32. The van der Waals surface area contributed by atoms with Gasteiger partial charge in [-0.2, -0.15) is 0 Å². The number of hydrogen-bond donors (Lipinski definition) is 3. The predicted molar refractivity (Wildman–Crippen MR) is 120 cm³/mol. The van der Waals surface area contributed by atoms with Crippen molar-refractivity contribution in [3.05, 3.63) is 35.4 Å². The van der Waals surface area contributed by atoms with E-state index < -0.39 is 0 Å². The van der Waals surface area contributed by atoms with Gasteiger partial charge in [-0.15, -0.1) is 0 Å². The van der Waals surface area contributed by atoms with Gasteiger partial charge in [0.1, 0.15) is 0 Å². The molecule has 2 aliphatic heterocycles. The van der Waals surface area contributed by atoms with Crippen LogP contribution in [0.2, 0.25) is 0 Å². The van der Waals surface area contributed by atoms with Crippen molar-refractivity contribution in [1.29, 1.82) is 0 Å². The number of ether oxygens (including phenoxy) is 1. The van der Waals surface area contributed by atoms with Gasteiger partial charge in [0.15, 0.2) is 5.96 Å². The Hall–Kier alpha value is -1.63. The molecule has 6 heteroatoms. The summed E-state index contributed by atoms with van der Waals surface area (Å²) in [5, 5.41) is 16.8. The number of fused-ring (bicyclic) bond motifs is 1. The molecule has 2 saturated heterocycles. The number of guanidine groups is 1. The SMILES string of the molecule is CCNC(=NCc1ccc(CN2CCC(O)CC2)cc1)NC1C2CCOC2C1(C)C. The van der Waals surface area contributed by atoms with Gasteiger partial charge in [-0.1, -0.05) is 38.1 Å². The van der Waals surface area contributed by atoms with Crippen LogP contribution in [-0.2, 0) is 17.8 Å². The second-order valence-electron chi connectivity index (χ2n) is 9.71. The zero-order valence-corrected chi connectivity index (χ0v) is 18.7. The molecule has 4 rings (SSSR count). The number of nitrogens with one attached hydrogen (secondary N) is 2.